The molecular weight excluding hydrogens is 262 g/mol. The SMILES string of the molecule is CCCc1cccc(C(=O)C(N)CCS(C)(=O)=O)c1. The van der Waals surface area contributed by atoms with E-state index in [0.29, 0.717) is 5.56 Å². The lowest BCUT2D eigenvalue weighted by Gasteiger charge is -2.10. The summed E-state index contributed by atoms with van der Waals surface area (Å²) >= 11 is 0. The van der Waals surface area contributed by atoms with Gasteiger partial charge in [-0.15, -0.1) is 0 Å². The van der Waals surface area contributed by atoms with Crippen molar-refractivity contribution in [2.24, 2.45) is 5.73 Å². The molecule has 1 atom stereocenters. The number of hydrogen-bond donors (Lipinski definition) is 1. The van der Waals surface area contributed by atoms with Gasteiger partial charge in [-0.25, -0.2) is 8.42 Å². The molecule has 0 saturated heterocycles. The summed E-state index contributed by atoms with van der Waals surface area (Å²) in [5.41, 5.74) is 7.43. The van der Waals surface area contributed by atoms with Crippen molar-refractivity contribution in [3.05, 3.63) is 35.4 Å². The Balaban J connectivity index is 2.73. The fourth-order valence-corrected chi connectivity index (χ4v) is 2.54. The van der Waals surface area contributed by atoms with E-state index in [-0.39, 0.29) is 18.0 Å². The molecule has 1 aromatic carbocycles. The first kappa shape index (κ1) is 15.9. The molecule has 0 amide bonds. The van der Waals surface area contributed by atoms with Crippen LogP contribution >= 0.6 is 0 Å². The first-order valence-corrected chi connectivity index (χ1v) is 8.46. The molecule has 0 aliphatic carbocycles. The molecule has 106 valence electrons. The third-order valence-electron chi connectivity index (χ3n) is 2.89. The first-order chi connectivity index (χ1) is 8.83. The van der Waals surface area contributed by atoms with Gasteiger partial charge in [0.25, 0.3) is 0 Å². The number of rotatable bonds is 7. The van der Waals surface area contributed by atoms with E-state index >= 15 is 0 Å². The van der Waals surface area contributed by atoms with E-state index in [1.165, 1.54) is 0 Å². The molecule has 0 spiro atoms. The Kier molecular flexibility index (Phi) is 5.69. The standard InChI is InChI=1S/C14H21NO3S/c1-3-5-11-6-4-7-12(10-11)14(16)13(15)8-9-19(2,17)18/h4,6-7,10,13H,3,5,8-9,15H2,1-2H3. The molecule has 2 N–H and O–H groups in total. The second-order valence-corrected chi connectivity index (χ2v) is 7.10. The average Bonchev–Trinajstić information content (AvgIpc) is 2.35. The number of carbonyl (C=O) groups excluding carboxylic acids is 1. The minimum absolute atomic E-state index is 0.0610. The van der Waals surface area contributed by atoms with E-state index in [4.69, 9.17) is 5.73 Å². The minimum Gasteiger partial charge on any atom is -0.321 e. The number of benzene rings is 1. The summed E-state index contributed by atoms with van der Waals surface area (Å²) in [6.45, 7) is 2.08. The van der Waals surface area contributed by atoms with Crippen LogP contribution in [0, 0.1) is 0 Å². The van der Waals surface area contributed by atoms with Crippen LogP contribution in [0.5, 0.6) is 0 Å². The number of carbonyl (C=O) groups is 1. The molecule has 0 aliphatic rings. The number of hydrogen-bond acceptors (Lipinski definition) is 4. The minimum atomic E-state index is -3.08. The van der Waals surface area contributed by atoms with Crippen molar-refractivity contribution >= 4 is 15.6 Å². The van der Waals surface area contributed by atoms with Crippen LogP contribution in [0.15, 0.2) is 24.3 Å². The van der Waals surface area contributed by atoms with Gasteiger partial charge in [-0.05, 0) is 24.5 Å². The quantitative estimate of drug-likeness (QED) is 0.771. The van der Waals surface area contributed by atoms with Gasteiger partial charge in [0.05, 0.1) is 11.8 Å². The smallest absolute Gasteiger partial charge is 0.179 e. The number of ketones is 1. The van der Waals surface area contributed by atoms with Crippen LogP contribution in [0.2, 0.25) is 0 Å². The van der Waals surface area contributed by atoms with Gasteiger partial charge < -0.3 is 5.73 Å². The van der Waals surface area contributed by atoms with Crippen molar-refractivity contribution in [1.82, 2.24) is 0 Å². The molecule has 0 bridgehead atoms. The summed E-state index contributed by atoms with van der Waals surface area (Å²) in [5.74, 6) is -0.254. The largest absolute Gasteiger partial charge is 0.321 e. The molecule has 1 rings (SSSR count). The van der Waals surface area contributed by atoms with Crippen LogP contribution in [-0.4, -0.2) is 32.3 Å². The Labute approximate surface area is 114 Å². The van der Waals surface area contributed by atoms with Gasteiger partial charge in [0.15, 0.2) is 5.78 Å². The third-order valence-corrected chi connectivity index (χ3v) is 3.86. The highest BCUT2D eigenvalue weighted by Gasteiger charge is 2.17. The zero-order valence-corrected chi connectivity index (χ0v) is 12.2. The average molecular weight is 283 g/mol. The van der Waals surface area contributed by atoms with Crippen molar-refractivity contribution in [2.75, 3.05) is 12.0 Å². The summed E-state index contributed by atoms with van der Waals surface area (Å²) in [6, 6.07) is 6.61. The third kappa shape index (κ3) is 5.53. The maximum absolute atomic E-state index is 12.1. The molecule has 0 fully saturated rings. The van der Waals surface area contributed by atoms with Gasteiger partial charge in [-0.2, -0.15) is 0 Å². The molecule has 0 radical (unpaired) electrons. The van der Waals surface area contributed by atoms with Crippen molar-refractivity contribution in [2.45, 2.75) is 32.2 Å². The van der Waals surface area contributed by atoms with Gasteiger partial charge in [0.1, 0.15) is 9.84 Å². The number of Topliss-reactive ketones (excluding diaryl/α,β-unsaturated/α-hetero) is 1. The summed E-state index contributed by atoms with van der Waals surface area (Å²) in [4.78, 5) is 12.1. The van der Waals surface area contributed by atoms with Gasteiger partial charge >= 0.3 is 0 Å². The molecule has 0 aliphatic heterocycles. The lowest BCUT2D eigenvalue weighted by atomic mass is 9.99. The van der Waals surface area contributed by atoms with E-state index in [2.05, 4.69) is 6.92 Å². The van der Waals surface area contributed by atoms with Crippen LogP contribution < -0.4 is 5.73 Å². The molecule has 0 aromatic heterocycles. The summed E-state index contributed by atoms with van der Waals surface area (Å²) < 4.78 is 22.1. The maximum atomic E-state index is 12.1. The molecule has 1 unspecified atom stereocenters. The molecule has 5 heteroatoms. The van der Waals surface area contributed by atoms with Crippen molar-refractivity contribution in [3.8, 4) is 0 Å². The summed E-state index contributed by atoms with van der Waals surface area (Å²) in [5, 5.41) is 0. The second-order valence-electron chi connectivity index (χ2n) is 4.84. The maximum Gasteiger partial charge on any atom is 0.179 e. The Morgan fingerprint density at radius 3 is 2.63 bits per heavy atom. The van der Waals surface area contributed by atoms with Crippen molar-refractivity contribution in [1.29, 1.82) is 0 Å². The van der Waals surface area contributed by atoms with Gasteiger partial charge in [-0.3, -0.25) is 4.79 Å². The number of aryl methyl sites for hydroxylation is 1. The second kappa shape index (κ2) is 6.82. The molecule has 0 heterocycles. The fraction of sp³-hybridized carbons (Fsp3) is 0.500. The van der Waals surface area contributed by atoms with E-state index in [1.807, 2.05) is 18.2 Å². The molecule has 4 nitrogen and oxygen atoms in total. The number of nitrogens with two attached hydrogens (primary N) is 1. The Hall–Kier alpha value is -1.20. The predicted octanol–water partition coefficient (Wildman–Crippen LogP) is 1.58. The lowest BCUT2D eigenvalue weighted by molar-refractivity contribution is 0.0959. The van der Waals surface area contributed by atoms with Crippen LogP contribution in [0.1, 0.15) is 35.7 Å². The zero-order valence-electron chi connectivity index (χ0n) is 11.4. The number of sulfone groups is 1. The highest BCUT2D eigenvalue weighted by molar-refractivity contribution is 7.90. The molecule has 0 saturated carbocycles. The lowest BCUT2D eigenvalue weighted by Crippen LogP contribution is -2.32. The van der Waals surface area contributed by atoms with Crippen LogP contribution in [-0.2, 0) is 16.3 Å². The molecule has 19 heavy (non-hydrogen) atoms. The summed E-state index contributed by atoms with van der Waals surface area (Å²) in [6.07, 6.45) is 3.24. The topological polar surface area (TPSA) is 77.2 Å². The Morgan fingerprint density at radius 2 is 2.05 bits per heavy atom. The van der Waals surface area contributed by atoms with Crippen LogP contribution in [0.3, 0.4) is 0 Å². The van der Waals surface area contributed by atoms with Crippen LogP contribution in [0.25, 0.3) is 0 Å². The van der Waals surface area contributed by atoms with Crippen LogP contribution in [0.4, 0.5) is 0 Å². The molecule has 1 aromatic rings. The van der Waals surface area contributed by atoms with E-state index in [9.17, 15) is 13.2 Å². The predicted molar refractivity (Wildman–Crippen MR) is 77.1 cm³/mol. The van der Waals surface area contributed by atoms with E-state index in [1.54, 1.807) is 6.07 Å². The normalized spacial score (nSPS) is 13.2. The summed E-state index contributed by atoms with van der Waals surface area (Å²) in [7, 11) is -3.08. The van der Waals surface area contributed by atoms with Gasteiger partial charge in [0, 0.05) is 11.8 Å². The Bertz CT molecular complexity index is 537. The van der Waals surface area contributed by atoms with Crippen molar-refractivity contribution < 1.29 is 13.2 Å². The van der Waals surface area contributed by atoms with E-state index in [0.717, 1.165) is 24.7 Å². The van der Waals surface area contributed by atoms with Crippen molar-refractivity contribution in [3.63, 3.8) is 0 Å². The first-order valence-electron chi connectivity index (χ1n) is 6.40. The zero-order chi connectivity index (χ0) is 14.5. The monoisotopic (exact) mass is 283 g/mol. The Morgan fingerprint density at radius 1 is 1.37 bits per heavy atom. The van der Waals surface area contributed by atoms with E-state index < -0.39 is 15.9 Å². The van der Waals surface area contributed by atoms with Gasteiger partial charge in [-0.1, -0.05) is 31.5 Å². The highest BCUT2D eigenvalue weighted by Crippen LogP contribution is 2.11. The fourth-order valence-electron chi connectivity index (χ4n) is 1.85. The van der Waals surface area contributed by atoms with Gasteiger partial charge in [0.2, 0.25) is 0 Å². The molecular formula is C14H21NO3S. The highest BCUT2D eigenvalue weighted by atomic mass is 32.2.